The van der Waals surface area contributed by atoms with E-state index in [-0.39, 0.29) is 0 Å². The molecule has 18 heavy (non-hydrogen) atoms. The summed E-state index contributed by atoms with van der Waals surface area (Å²) in [4.78, 5) is 12.3. The number of aromatic nitrogens is 4. The third kappa shape index (κ3) is 4.03. The van der Waals surface area contributed by atoms with Crippen molar-refractivity contribution in [2.45, 2.75) is 24.4 Å². The van der Waals surface area contributed by atoms with Crippen molar-refractivity contribution in [3.8, 4) is 0 Å². The summed E-state index contributed by atoms with van der Waals surface area (Å²) in [5.41, 5.74) is 0. The van der Waals surface area contributed by atoms with Crippen LogP contribution in [0.4, 0.5) is 5.82 Å². The van der Waals surface area contributed by atoms with E-state index in [4.69, 9.17) is 0 Å². The van der Waals surface area contributed by atoms with E-state index in [9.17, 15) is 0 Å². The van der Waals surface area contributed by atoms with Crippen LogP contribution >= 0.6 is 11.8 Å². The van der Waals surface area contributed by atoms with Crippen LogP contribution in [0.5, 0.6) is 0 Å². The molecule has 0 aliphatic rings. The van der Waals surface area contributed by atoms with Crippen molar-refractivity contribution in [3.63, 3.8) is 0 Å². The first kappa shape index (κ1) is 12.9. The van der Waals surface area contributed by atoms with Crippen molar-refractivity contribution >= 4 is 17.6 Å². The van der Waals surface area contributed by atoms with E-state index in [1.807, 2.05) is 31.0 Å². The van der Waals surface area contributed by atoms with Gasteiger partial charge in [-0.3, -0.25) is 0 Å². The molecule has 0 fully saturated rings. The number of hydrogen-bond donors (Lipinski definition) is 1. The number of imidazole rings is 1. The predicted octanol–water partition coefficient (Wildman–Crippen LogP) is 2.29. The molecular weight excluding hydrogens is 246 g/mol. The molecule has 5 nitrogen and oxygen atoms in total. The van der Waals surface area contributed by atoms with E-state index in [1.165, 1.54) is 0 Å². The second-order valence-electron chi connectivity index (χ2n) is 3.88. The maximum absolute atomic E-state index is 4.18. The van der Waals surface area contributed by atoms with E-state index in [2.05, 4.69) is 24.8 Å². The summed E-state index contributed by atoms with van der Waals surface area (Å²) in [5.74, 6) is 0.900. The first-order valence-corrected chi connectivity index (χ1v) is 7.16. The van der Waals surface area contributed by atoms with Gasteiger partial charge in [0.1, 0.15) is 17.2 Å². The lowest BCUT2D eigenvalue weighted by Crippen LogP contribution is -2.05. The van der Waals surface area contributed by atoms with Gasteiger partial charge in [-0.25, -0.2) is 15.0 Å². The Hall–Kier alpha value is -1.56. The second-order valence-corrected chi connectivity index (χ2v) is 4.71. The lowest BCUT2D eigenvalue weighted by atomic mass is 10.3. The highest BCUT2D eigenvalue weighted by atomic mass is 32.2. The van der Waals surface area contributed by atoms with Crippen molar-refractivity contribution in [3.05, 3.63) is 31.1 Å². The van der Waals surface area contributed by atoms with Gasteiger partial charge in [0.05, 0.1) is 6.33 Å². The minimum atomic E-state index is 0.900. The van der Waals surface area contributed by atoms with Crippen molar-refractivity contribution in [2.24, 2.45) is 0 Å². The summed E-state index contributed by atoms with van der Waals surface area (Å²) in [6.07, 6.45) is 11.5. The molecule has 2 aromatic rings. The Bertz CT molecular complexity index is 457. The lowest BCUT2D eigenvalue weighted by molar-refractivity contribution is 0.620. The smallest absolute Gasteiger partial charge is 0.130 e. The molecule has 2 rings (SSSR count). The number of aryl methyl sites for hydroxylation is 1. The summed E-state index contributed by atoms with van der Waals surface area (Å²) in [5, 5.41) is 4.30. The van der Waals surface area contributed by atoms with Crippen LogP contribution in [-0.4, -0.2) is 32.3 Å². The molecule has 0 unspecified atom stereocenters. The molecule has 2 heterocycles. The van der Waals surface area contributed by atoms with E-state index >= 15 is 0 Å². The fourth-order valence-corrected chi connectivity index (χ4v) is 1.98. The number of thioether (sulfide) groups is 1. The van der Waals surface area contributed by atoms with Gasteiger partial charge in [0.25, 0.3) is 0 Å². The highest BCUT2D eigenvalue weighted by molar-refractivity contribution is 7.98. The molecule has 0 aromatic carbocycles. The SMILES string of the molecule is CSc1cc(NCCCCn2ccnc2)ncn1. The Morgan fingerprint density at radius 2 is 2.28 bits per heavy atom. The first-order valence-electron chi connectivity index (χ1n) is 5.94. The van der Waals surface area contributed by atoms with Crippen LogP contribution in [0.1, 0.15) is 12.8 Å². The predicted molar refractivity (Wildman–Crippen MR) is 73.8 cm³/mol. The monoisotopic (exact) mass is 263 g/mol. The fraction of sp³-hybridized carbons (Fsp3) is 0.417. The molecule has 0 aliphatic carbocycles. The number of nitrogens with one attached hydrogen (secondary N) is 1. The highest BCUT2D eigenvalue weighted by Gasteiger charge is 1.97. The standard InChI is InChI=1S/C12H17N5S/c1-18-12-8-11(15-9-16-12)14-4-2-3-6-17-7-5-13-10-17/h5,7-10H,2-4,6H2,1H3,(H,14,15,16). The molecule has 0 atom stereocenters. The van der Waals surface area contributed by atoms with Crippen LogP contribution in [-0.2, 0) is 6.54 Å². The van der Waals surface area contributed by atoms with Crippen molar-refractivity contribution in [1.82, 2.24) is 19.5 Å². The number of rotatable bonds is 7. The van der Waals surface area contributed by atoms with Gasteiger partial charge in [0.15, 0.2) is 0 Å². The van der Waals surface area contributed by atoms with Crippen molar-refractivity contribution in [2.75, 3.05) is 18.1 Å². The molecular formula is C12H17N5S. The lowest BCUT2D eigenvalue weighted by Gasteiger charge is -2.06. The summed E-state index contributed by atoms with van der Waals surface area (Å²) >= 11 is 1.62. The summed E-state index contributed by atoms with van der Waals surface area (Å²) < 4.78 is 2.09. The first-order chi connectivity index (χ1) is 8.88. The van der Waals surface area contributed by atoms with Gasteiger partial charge in [-0.1, -0.05) is 0 Å². The number of nitrogens with zero attached hydrogens (tertiary/aromatic N) is 4. The maximum atomic E-state index is 4.18. The zero-order chi connectivity index (χ0) is 12.6. The Labute approximate surface area is 111 Å². The average molecular weight is 263 g/mol. The average Bonchev–Trinajstić information content (AvgIpc) is 2.92. The molecule has 0 spiro atoms. The Balaban J connectivity index is 1.65. The zero-order valence-corrected chi connectivity index (χ0v) is 11.2. The molecule has 0 aliphatic heterocycles. The molecule has 0 saturated carbocycles. The van der Waals surface area contributed by atoms with Gasteiger partial charge in [-0.2, -0.15) is 0 Å². The molecule has 0 amide bonds. The normalized spacial score (nSPS) is 10.5. The Morgan fingerprint density at radius 1 is 1.33 bits per heavy atom. The largest absolute Gasteiger partial charge is 0.370 e. The van der Waals surface area contributed by atoms with E-state index in [0.717, 1.165) is 36.8 Å². The summed E-state index contributed by atoms with van der Waals surface area (Å²) in [7, 11) is 0. The van der Waals surface area contributed by atoms with Crippen molar-refractivity contribution < 1.29 is 0 Å². The van der Waals surface area contributed by atoms with Gasteiger partial charge >= 0.3 is 0 Å². The topological polar surface area (TPSA) is 55.6 Å². The third-order valence-electron chi connectivity index (χ3n) is 2.56. The Kier molecular flexibility index (Phi) is 5.01. The van der Waals surface area contributed by atoms with Crippen LogP contribution in [0.15, 0.2) is 36.1 Å². The third-order valence-corrected chi connectivity index (χ3v) is 3.20. The number of unbranched alkanes of at least 4 members (excludes halogenated alkanes) is 1. The van der Waals surface area contributed by atoms with E-state index in [1.54, 1.807) is 18.1 Å². The van der Waals surface area contributed by atoms with Gasteiger partial charge in [0.2, 0.25) is 0 Å². The fourth-order valence-electron chi connectivity index (χ4n) is 1.60. The van der Waals surface area contributed by atoms with Gasteiger partial charge in [0, 0.05) is 31.5 Å². The molecule has 0 bridgehead atoms. The van der Waals surface area contributed by atoms with Crippen LogP contribution in [0.3, 0.4) is 0 Å². The molecule has 0 radical (unpaired) electrons. The quantitative estimate of drug-likeness (QED) is 0.472. The molecule has 1 N–H and O–H groups in total. The summed E-state index contributed by atoms with van der Waals surface area (Å²) in [6, 6.07) is 1.97. The number of hydrogen-bond acceptors (Lipinski definition) is 5. The minimum Gasteiger partial charge on any atom is -0.370 e. The second kappa shape index (κ2) is 7.00. The molecule has 6 heteroatoms. The zero-order valence-electron chi connectivity index (χ0n) is 10.4. The van der Waals surface area contributed by atoms with Gasteiger partial charge in [-0.05, 0) is 19.1 Å². The molecule has 2 aromatic heterocycles. The van der Waals surface area contributed by atoms with Gasteiger partial charge < -0.3 is 9.88 Å². The Morgan fingerprint density at radius 3 is 3.06 bits per heavy atom. The van der Waals surface area contributed by atoms with Crippen LogP contribution in [0, 0.1) is 0 Å². The van der Waals surface area contributed by atoms with Crippen LogP contribution in [0.2, 0.25) is 0 Å². The minimum absolute atomic E-state index is 0.900. The maximum Gasteiger partial charge on any atom is 0.130 e. The van der Waals surface area contributed by atoms with Crippen molar-refractivity contribution in [1.29, 1.82) is 0 Å². The highest BCUT2D eigenvalue weighted by Crippen LogP contribution is 2.13. The van der Waals surface area contributed by atoms with Crippen LogP contribution in [0.25, 0.3) is 0 Å². The van der Waals surface area contributed by atoms with Gasteiger partial charge in [-0.15, -0.1) is 11.8 Å². The number of anilines is 1. The summed E-state index contributed by atoms with van der Waals surface area (Å²) in [6.45, 7) is 1.95. The van der Waals surface area contributed by atoms with Crippen LogP contribution < -0.4 is 5.32 Å². The van der Waals surface area contributed by atoms with E-state index < -0.39 is 0 Å². The van der Waals surface area contributed by atoms with E-state index in [0.29, 0.717) is 0 Å². The molecule has 0 saturated heterocycles. The molecule has 96 valence electrons.